The van der Waals surface area contributed by atoms with Gasteiger partial charge in [-0.3, -0.25) is 4.79 Å². The van der Waals surface area contributed by atoms with Gasteiger partial charge in [0.05, 0.1) is 14.2 Å². The maximum absolute atomic E-state index is 12.7. The van der Waals surface area contributed by atoms with Crippen molar-refractivity contribution >= 4 is 29.7 Å². The number of carbonyl (C=O) groups excluding carboxylic acids is 1. The summed E-state index contributed by atoms with van der Waals surface area (Å²) in [6, 6.07) is 11.5. The van der Waals surface area contributed by atoms with E-state index in [2.05, 4.69) is 16.3 Å². The van der Waals surface area contributed by atoms with Crippen LogP contribution in [0.5, 0.6) is 11.5 Å². The second-order valence-corrected chi connectivity index (χ2v) is 7.05. The average molecular weight is 420 g/mol. The van der Waals surface area contributed by atoms with Crippen LogP contribution in [0.25, 0.3) is 0 Å². The summed E-state index contributed by atoms with van der Waals surface area (Å²) in [7, 11) is 3.24. The largest absolute Gasteiger partial charge is 0.493 e. The van der Waals surface area contributed by atoms with E-state index in [1.165, 1.54) is 0 Å². The summed E-state index contributed by atoms with van der Waals surface area (Å²) in [6.45, 7) is 3.38. The van der Waals surface area contributed by atoms with Crippen LogP contribution in [-0.4, -0.2) is 39.3 Å². The highest BCUT2D eigenvalue weighted by atomic mass is 35.5. The Labute approximate surface area is 178 Å². The molecule has 3 rings (SSSR count). The zero-order chi connectivity index (χ0) is 20.1. The van der Waals surface area contributed by atoms with Crippen LogP contribution in [0, 0.1) is 0 Å². The Balaban J connectivity index is 0.00000300. The first-order chi connectivity index (χ1) is 13.5. The molecule has 2 aromatic carbocycles. The Morgan fingerprint density at radius 1 is 1.21 bits per heavy atom. The van der Waals surface area contributed by atoms with Gasteiger partial charge in [0.25, 0.3) is 0 Å². The van der Waals surface area contributed by atoms with E-state index in [4.69, 9.17) is 15.2 Å². The van der Waals surface area contributed by atoms with E-state index in [9.17, 15) is 4.79 Å². The summed E-state index contributed by atoms with van der Waals surface area (Å²) in [6.07, 6.45) is 2.69. The number of methoxy groups -OCH3 is 2. The second kappa shape index (κ2) is 10.3. The molecule has 1 heterocycles. The fraction of sp³-hybridized carbons (Fsp3) is 0.409. The highest BCUT2D eigenvalue weighted by Crippen LogP contribution is 2.32. The SMILES string of the molecule is COc1ccc(CCNC(=O)C(C)N2CCCc3c(N)cccc32)cc1OC.Cl. The third kappa shape index (κ3) is 5.07. The number of rotatable bonds is 7. The summed E-state index contributed by atoms with van der Waals surface area (Å²) in [5.74, 6) is 1.42. The normalized spacial score (nSPS) is 13.7. The molecule has 1 aliphatic heterocycles. The molecule has 3 N–H and O–H groups in total. The molecular weight excluding hydrogens is 390 g/mol. The van der Waals surface area contributed by atoms with Crippen molar-refractivity contribution in [1.29, 1.82) is 0 Å². The molecule has 1 aliphatic rings. The highest BCUT2D eigenvalue weighted by molar-refractivity contribution is 5.86. The van der Waals surface area contributed by atoms with Gasteiger partial charge < -0.3 is 25.4 Å². The van der Waals surface area contributed by atoms with Crippen LogP contribution in [0.2, 0.25) is 0 Å². The van der Waals surface area contributed by atoms with E-state index in [0.29, 0.717) is 18.0 Å². The molecule has 0 bridgehead atoms. The minimum Gasteiger partial charge on any atom is -0.493 e. The molecule has 0 saturated carbocycles. The van der Waals surface area contributed by atoms with E-state index < -0.39 is 0 Å². The van der Waals surface area contributed by atoms with Crippen LogP contribution < -0.4 is 25.4 Å². The molecule has 2 aromatic rings. The Morgan fingerprint density at radius 2 is 1.97 bits per heavy atom. The van der Waals surface area contributed by atoms with Crippen LogP contribution in [0.1, 0.15) is 24.5 Å². The molecule has 0 aromatic heterocycles. The maximum atomic E-state index is 12.7. The smallest absolute Gasteiger partial charge is 0.242 e. The molecule has 0 saturated heterocycles. The predicted molar refractivity (Wildman–Crippen MR) is 119 cm³/mol. The number of nitrogen functional groups attached to an aromatic ring is 1. The third-order valence-electron chi connectivity index (χ3n) is 5.33. The minimum atomic E-state index is -0.244. The van der Waals surface area contributed by atoms with E-state index in [-0.39, 0.29) is 24.4 Å². The third-order valence-corrected chi connectivity index (χ3v) is 5.33. The molecular formula is C22H30ClN3O3. The number of benzene rings is 2. The standard InChI is InChI=1S/C22H29N3O3.ClH/c1-15(25-13-5-6-17-18(23)7-4-8-19(17)25)22(26)24-12-11-16-9-10-20(27-2)21(14-16)28-3;/h4,7-10,14-15H,5-6,11-13,23H2,1-3H3,(H,24,26);1H. The van der Waals surface area contributed by atoms with Gasteiger partial charge >= 0.3 is 0 Å². The van der Waals surface area contributed by atoms with Gasteiger partial charge in [0.15, 0.2) is 11.5 Å². The van der Waals surface area contributed by atoms with Gasteiger partial charge in [0.2, 0.25) is 5.91 Å². The fourth-order valence-electron chi connectivity index (χ4n) is 3.74. The van der Waals surface area contributed by atoms with Gasteiger partial charge in [-0.2, -0.15) is 0 Å². The van der Waals surface area contributed by atoms with Crippen LogP contribution in [-0.2, 0) is 17.6 Å². The Hall–Kier alpha value is -2.60. The van der Waals surface area contributed by atoms with Crippen molar-refractivity contribution in [2.45, 2.75) is 32.2 Å². The van der Waals surface area contributed by atoms with Crippen molar-refractivity contribution in [3.8, 4) is 11.5 Å². The number of nitrogens with zero attached hydrogens (tertiary/aromatic N) is 1. The number of anilines is 2. The van der Waals surface area contributed by atoms with Crippen molar-refractivity contribution in [2.75, 3.05) is 37.9 Å². The van der Waals surface area contributed by atoms with Crippen molar-refractivity contribution in [3.63, 3.8) is 0 Å². The summed E-state index contributed by atoms with van der Waals surface area (Å²) < 4.78 is 10.6. The monoisotopic (exact) mass is 419 g/mol. The lowest BCUT2D eigenvalue weighted by molar-refractivity contribution is -0.122. The number of amides is 1. The van der Waals surface area contributed by atoms with Gasteiger partial charge in [-0.15, -0.1) is 12.4 Å². The van der Waals surface area contributed by atoms with Gasteiger partial charge in [0, 0.05) is 24.5 Å². The average Bonchev–Trinajstić information content (AvgIpc) is 2.73. The first-order valence-electron chi connectivity index (χ1n) is 9.67. The molecule has 29 heavy (non-hydrogen) atoms. The number of fused-ring (bicyclic) bond motifs is 1. The number of hydrogen-bond acceptors (Lipinski definition) is 5. The maximum Gasteiger partial charge on any atom is 0.242 e. The number of nitrogens with one attached hydrogen (secondary N) is 1. The molecule has 6 nitrogen and oxygen atoms in total. The molecule has 1 atom stereocenters. The van der Waals surface area contributed by atoms with E-state index in [0.717, 1.165) is 48.3 Å². The van der Waals surface area contributed by atoms with E-state index in [1.54, 1.807) is 14.2 Å². The van der Waals surface area contributed by atoms with Crippen molar-refractivity contribution < 1.29 is 14.3 Å². The number of nitrogens with two attached hydrogens (primary N) is 1. The Bertz CT molecular complexity index is 844. The molecule has 0 aliphatic carbocycles. The molecule has 0 radical (unpaired) electrons. The van der Waals surface area contributed by atoms with Crippen molar-refractivity contribution in [3.05, 3.63) is 47.5 Å². The predicted octanol–water partition coefficient (Wildman–Crippen LogP) is 3.21. The number of ether oxygens (including phenoxy) is 2. The van der Waals surface area contributed by atoms with Crippen LogP contribution >= 0.6 is 12.4 Å². The second-order valence-electron chi connectivity index (χ2n) is 7.05. The van der Waals surface area contributed by atoms with Gasteiger partial charge in [-0.1, -0.05) is 12.1 Å². The van der Waals surface area contributed by atoms with Crippen molar-refractivity contribution in [2.24, 2.45) is 0 Å². The number of carbonyl (C=O) groups is 1. The lowest BCUT2D eigenvalue weighted by Gasteiger charge is -2.36. The molecule has 158 valence electrons. The Kier molecular flexibility index (Phi) is 8.02. The highest BCUT2D eigenvalue weighted by Gasteiger charge is 2.26. The fourth-order valence-corrected chi connectivity index (χ4v) is 3.74. The first kappa shape index (κ1) is 22.7. The lowest BCUT2D eigenvalue weighted by atomic mass is 9.98. The molecule has 1 unspecified atom stereocenters. The van der Waals surface area contributed by atoms with Crippen molar-refractivity contribution in [1.82, 2.24) is 5.32 Å². The molecule has 0 fully saturated rings. The van der Waals surface area contributed by atoms with Gasteiger partial charge in [0.1, 0.15) is 6.04 Å². The first-order valence-corrected chi connectivity index (χ1v) is 9.67. The topological polar surface area (TPSA) is 76.8 Å². The zero-order valence-electron chi connectivity index (χ0n) is 17.2. The Morgan fingerprint density at radius 3 is 2.69 bits per heavy atom. The number of halogens is 1. The minimum absolute atomic E-state index is 0. The number of hydrogen-bond donors (Lipinski definition) is 2. The lowest BCUT2D eigenvalue weighted by Crippen LogP contribution is -2.47. The summed E-state index contributed by atoms with van der Waals surface area (Å²) in [4.78, 5) is 14.9. The van der Waals surface area contributed by atoms with Crippen LogP contribution in [0.15, 0.2) is 36.4 Å². The van der Waals surface area contributed by atoms with E-state index >= 15 is 0 Å². The summed E-state index contributed by atoms with van der Waals surface area (Å²) >= 11 is 0. The quantitative estimate of drug-likeness (QED) is 0.674. The molecule has 1 amide bonds. The summed E-state index contributed by atoms with van der Waals surface area (Å²) in [5.41, 5.74) is 10.2. The summed E-state index contributed by atoms with van der Waals surface area (Å²) in [5, 5.41) is 3.06. The molecule has 0 spiro atoms. The van der Waals surface area contributed by atoms with Crippen LogP contribution in [0.4, 0.5) is 11.4 Å². The van der Waals surface area contributed by atoms with E-state index in [1.807, 2.05) is 37.3 Å². The zero-order valence-corrected chi connectivity index (χ0v) is 18.1. The van der Waals surface area contributed by atoms with Gasteiger partial charge in [-0.05, 0) is 61.6 Å². The molecule has 7 heteroatoms. The van der Waals surface area contributed by atoms with Crippen LogP contribution in [0.3, 0.4) is 0 Å². The van der Waals surface area contributed by atoms with Gasteiger partial charge in [-0.25, -0.2) is 0 Å².